The quantitative estimate of drug-likeness (QED) is 0.357. The van der Waals surface area contributed by atoms with Crippen LogP contribution in [0.5, 0.6) is 0 Å². The molecular formula is C16H20ClN3O3. The molecule has 1 fully saturated rings. The lowest BCUT2D eigenvalue weighted by Gasteiger charge is -2.38. The van der Waals surface area contributed by atoms with E-state index in [9.17, 15) is 15.6 Å². The number of benzene rings is 1. The minimum Gasteiger partial charge on any atom is -0.622 e. The third-order valence-electron chi connectivity index (χ3n) is 4.89. The molecule has 1 heterocycles. The van der Waals surface area contributed by atoms with E-state index in [1.54, 1.807) is 38.1 Å². The number of halogens is 1. The van der Waals surface area contributed by atoms with Crippen molar-refractivity contribution in [2.75, 3.05) is 0 Å². The summed E-state index contributed by atoms with van der Waals surface area (Å²) in [7, 11) is 0. The largest absolute Gasteiger partial charge is 0.622 e. The fraction of sp³-hybridized carbons (Fsp3) is 0.500. The van der Waals surface area contributed by atoms with Crippen molar-refractivity contribution in [1.82, 2.24) is 5.06 Å². The summed E-state index contributed by atoms with van der Waals surface area (Å²) in [6.45, 7) is 3.56. The lowest BCUT2D eigenvalue weighted by molar-refractivity contribution is -0.568. The van der Waals surface area contributed by atoms with E-state index < -0.39 is 11.2 Å². The van der Waals surface area contributed by atoms with Crippen LogP contribution in [-0.4, -0.2) is 42.8 Å². The Hall–Kier alpha value is -1.63. The average molecular weight is 338 g/mol. The Labute approximate surface area is 139 Å². The van der Waals surface area contributed by atoms with E-state index in [1.165, 1.54) is 0 Å². The number of oxime groups is 1. The van der Waals surface area contributed by atoms with Crippen LogP contribution in [0.2, 0.25) is 5.02 Å². The molecule has 3 rings (SSSR count). The molecule has 1 aliphatic heterocycles. The molecule has 0 saturated heterocycles. The van der Waals surface area contributed by atoms with Gasteiger partial charge in [0.1, 0.15) is 11.3 Å². The maximum atomic E-state index is 13.2. The summed E-state index contributed by atoms with van der Waals surface area (Å²) >= 11 is 5.93. The zero-order valence-corrected chi connectivity index (χ0v) is 13.9. The Kier molecular flexibility index (Phi) is 3.86. The van der Waals surface area contributed by atoms with Crippen molar-refractivity contribution in [1.29, 1.82) is 0 Å². The van der Waals surface area contributed by atoms with Gasteiger partial charge < -0.3 is 15.6 Å². The predicted molar refractivity (Wildman–Crippen MR) is 87.3 cm³/mol. The first-order valence-corrected chi connectivity index (χ1v) is 8.05. The highest BCUT2D eigenvalue weighted by molar-refractivity contribution is 6.30. The highest BCUT2D eigenvalue weighted by Gasteiger charge is 2.65. The van der Waals surface area contributed by atoms with Gasteiger partial charge in [-0.15, -0.1) is 5.06 Å². The first-order chi connectivity index (χ1) is 10.9. The van der Waals surface area contributed by atoms with Crippen molar-refractivity contribution in [3.63, 3.8) is 0 Å². The summed E-state index contributed by atoms with van der Waals surface area (Å²) < 4.78 is 0.810. The number of hydrogen-bond acceptors (Lipinski definition) is 5. The minimum absolute atomic E-state index is 0.304. The van der Waals surface area contributed by atoms with Gasteiger partial charge in [0.25, 0.3) is 5.66 Å². The highest BCUT2D eigenvalue weighted by atomic mass is 35.5. The lowest BCUT2D eigenvalue weighted by Crippen LogP contribution is -2.60. The summed E-state index contributed by atoms with van der Waals surface area (Å²) in [6.07, 6.45) is 2.50. The van der Waals surface area contributed by atoms with Crippen molar-refractivity contribution in [2.45, 2.75) is 50.7 Å². The fourth-order valence-electron chi connectivity index (χ4n) is 3.75. The van der Waals surface area contributed by atoms with Crippen LogP contribution in [0.4, 0.5) is 0 Å². The van der Waals surface area contributed by atoms with E-state index in [0.29, 0.717) is 34.9 Å². The Morgan fingerprint density at radius 2 is 1.91 bits per heavy atom. The van der Waals surface area contributed by atoms with E-state index in [0.717, 1.165) is 22.6 Å². The van der Waals surface area contributed by atoms with Crippen LogP contribution < -0.4 is 0 Å². The van der Waals surface area contributed by atoms with Crippen LogP contribution in [0.15, 0.2) is 29.4 Å². The zero-order chi connectivity index (χ0) is 16.8. The molecule has 1 aliphatic carbocycles. The number of nitrogens with zero attached hydrogens (tertiary/aromatic N) is 3. The predicted octanol–water partition coefficient (Wildman–Crippen LogP) is 3.22. The molecule has 7 heteroatoms. The second-order valence-electron chi connectivity index (χ2n) is 6.59. The van der Waals surface area contributed by atoms with Crippen LogP contribution in [0.3, 0.4) is 0 Å². The number of hydroxylamine groups is 3. The molecule has 0 radical (unpaired) electrons. The Morgan fingerprint density at radius 3 is 2.52 bits per heavy atom. The third kappa shape index (κ3) is 2.16. The number of hydrogen-bond donors (Lipinski definition) is 2. The molecule has 2 aliphatic rings. The highest BCUT2D eigenvalue weighted by Crippen LogP contribution is 2.42. The van der Waals surface area contributed by atoms with Crippen LogP contribution in [0.25, 0.3) is 0 Å². The molecule has 23 heavy (non-hydrogen) atoms. The van der Waals surface area contributed by atoms with E-state index in [1.807, 2.05) is 0 Å². The van der Waals surface area contributed by atoms with Gasteiger partial charge in [0, 0.05) is 17.0 Å². The third-order valence-corrected chi connectivity index (χ3v) is 5.14. The van der Waals surface area contributed by atoms with E-state index in [2.05, 4.69) is 5.16 Å². The Morgan fingerprint density at radius 1 is 1.26 bits per heavy atom. The topological polar surface area (TPSA) is 82.1 Å². The fourth-order valence-corrected chi connectivity index (χ4v) is 3.87. The summed E-state index contributed by atoms with van der Waals surface area (Å²) in [6, 6.07) is 6.94. The van der Waals surface area contributed by atoms with Crippen LogP contribution in [0.1, 0.15) is 45.1 Å². The van der Waals surface area contributed by atoms with Crippen molar-refractivity contribution >= 4 is 23.0 Å². The molecule has 0 aromatic heterocycles. The van der Waals surface area contributed by atoms with Crippen LogP contribution in [-0.2, 0) is 0 Å². The minimum atomic E-state index is -1.34. The molecule has 0 unspecified atom stereocenters. The maximum absolute atomic E-state index is 13.2. The monoisotopic (exact) mass is 337 g/mol. The molecule has 1 spiro atoms. The Bertz CT molecular complexity index is 684. The molecule has 0 bridgehead atoms. The van der Waals surface area contributed by atoms with Gasteiger partial charge in [-0.25, -0.2) is 0 Å². The summed E-state index contributed by atoms with van der Waals surface area (Å²) in [5.41, 5.74) is -0.847. The van der Waals surface area contributed by atoms with E-state index >= 15 is 0 Å². The van der Waals surface area contributed by atoms with E-state index in [4.69, 9.17) is 11.6 Å². The first kappa shape index (κ1) is 16.2. The smallest absolute Gasteiger partial charge is 0.293 e. The summed E-state index contributed by atoms with van der Waals surface area (Å²) in [5, 5.41) is 38.4. The van der Waals surface area contributed by atoms with Crippen LogP contribution >= 0.6 is 11.6 Å². The van der Waals surface area contributed by atoms with Gasteiger partial charge in [0.05, 0.1) is 0 Å². The van der Waals surface area contributed by atoms with Gasteiger partial charge in [0.2, 0.25) is 5.71 Å². The lowest BCUT2D eigenvalue weighted by atomic mass is 9.86. The SMILES string of the molecule is CC1(C)C(c2ccc(Cl)cc2)=[N+]([O-])[C@@]2(CCCC/C2=N/O)N1O. The standard InChI is InChI=1S/C16H20ClN3O3/c1-15(2)14(11-6-8-12(17)9-7-11)19(22)16(20(15)23)10-4-3-5-13(16)18-21/h6-9,21,23H,3-5,10H2,1-2H3/b18-13-/t16-/m0/s1. The van der Waals surface area contributed by atoms with Gasteiger partial charge in [0.15, 0.2) is 0 Å². The molecule has 1 atom stereocenters. The van der Waals surface area contributed by atoms with Crippen molar-refractivity contribution in [3.8, 4) is 0 Å². The second-order valence-corrected chi connectivity index (χ2v) is 7.03. The molecule has 6 nitrogen and oxygen atoms in total. The molecular weight excluding hydrogens is 318 g/mol. The molecule has 1 aromatic rings. The number of rotatable bonds is 1. The first-order valence-electron chi connectivity index (χ1n) is 7.67. The maximum Gasteiger partial charge on any atom is 0.293 e. The van der Waals surface area contributed by atoms with E-state index in [-0.39, 0.29) is 0 Å². The van der Waals surface area contributed by atoms with Gasteiger partial charge in [-0.2, -0.15) is 4.74 Å². The van der Waals surface area contributed by atoms with Gasteiger partial charge in [-0.3, -0.25) is 0 Å². The Balaban J connectivity index is 2.22. The van der Waals surface area contributed by atoms with Gasteiger partial charge >= 0.3 is 0 Å². The summed E-state index contributed by atoms with van der Waals surface area (Å²) in [5.74, 6) is 0. The molecule has 124 valence electrons. The van der Waals surface area contributed by atoms with Crippen LogP contribution in [0, 0.1) is 5.21 Å². The van der Waals surface area contributed by atoms with Crippen molar-refractivity contribution in [3.05, 3.63) is 40.1 Å². The molecule has 0 amide bonds. The second kappa shape index (κ2) is 5.47. The molecule has 2 N–H and O–H groups in total. The van der Waals surface area contributed by atoms with Crippen molar-refractivity contribution < 1.29 is 15.2 Å². The average Bonchev–Trinajstić information content (AvgIpc) is 2.68. The zero-order valence-electron chi connectivity index (χ0n) is 13.2. The summed E-state index contributed by atoms with van der Waals surface area (Å²) in [4.78, 5) is 0. The molecule has 1 aromatic carbocycles. The van der Waals surface area contributed by atoms with Crippen molar-refractivity contribution in [2.24, 2.45) is 5.16 Å². The molecule has 1 saturated carbocycles. The normalized spacial score (nSPS) is 29.7. The van der Waals surface area contributed by atoms with Gasteiger partial charge in [-0.1, -0.05) is 16.8 Å². The van der Waals surface area contributed by atoms with Gasteiger partial charge in [-0.05, 0) is 57.4 Å².